The highest BCUT2D eigenvalue weighted by Crippen LogP contribution is 2.44. The van der Waals surface area contributed by atoms with Gasteiger partial charge in [-0.2, -0.15) is 0 Å². The van der Waals surface area contributed by atoms with E-state index < -0.39 is 5.97 Å². The van der Waals surface area contributed by atoms with Gasteiger partial charge in [0, 0.05) is 12.6 Å². The van der Waals surface area contributed by atoms with E-state index in [1.807, 2.05) is 0 Å². The van der Waals surface area contributed by atoms with Crippen molar-refractivity contribution in [3.05, 3.63) is 0 Å². The van der Waals surface area contributed by atoms with Gasteiger partial charge in [0.15, 0.2) is 0 Å². The molecule has 4 unspecified atom stereocenters. The van der Waals surface area contributed by atoms with E-state index in [2.05, 4.69) is 16.7 Å². The van der Waals surface area contributed by atoms with Gasteiger partial charge in [-0.3, -0.25) is 9.69 Å². The van der Waals surface area contributed by atoms with E-state index in [-0.39, 0.29) is 6.04 Å². The van der Waals surface area contributed by atoms with Gasteiger partial charge in [-0.1, -0.05) is 13.3 Å². The molecule has 1 N–H and O–H groups in total. The zero-order chi connectivity index (χ0) is 14.1. The van der Waals surface area contributed by atoms with Gasteiger partial charge in [-0.15, -0.1) is 0 Å². The van der Waals surface area contributed by atoms with Crippen LogP contribution in [0.3, 0.4) is 0 Å². The summed E-state index contributed by atoms with van der Waals surface area (Å²) >= 11 is 0. The number of rotatable bonds is 3. The Morgan fingerprint density at radius 3 is 2.75 bits per heavy atom. The molecule has 0 amide bonds. The summed E-state index contributed by atoms with van der Waals surface area (Å²) in [6, 6.07) is 0.305. The fourth-order valence-electron chi connectivity index (χ4n) is 4.83. The van der Waals surface area contributed by atoms with Crippen LogP contribution in [0.25, 0.3) is 0 Å². The molecule has 0 aromatic rings. The third-order valence-corrected chi connectivity index (χ3v) is 5.89. The molecule has 0 spiro atoms. The van der Waals surface area contributed by atoms with Gasteiger partial charge in [-0.25, -0.2) is 0 Å². The Labute approximate surface area is 122 Å². The Balaban J connectivity index is 1.70. The maximum absolute atomic E-state index is 11.8. The van der Waals surface area contributed by atoms with Gasteiger partial charge in [0.2, 0.25) is 0 Å². The Hall–Kier alpha value is -0.610. The summed E-state index contributed by atoms with van der Waals surface area (Å²) in [6.45, 7) is 6.71. The third-order valence-electron chi connectivity index (χ3n) is 5.89. The van der Waals surface area contributed by atoms with Crippen LogP contribution in [0, 0.1) is 11.8 Å². The fraction of sp³-hybridized carbons (Fsp3) is 0.938. The lowest BCUT2D eigenvalue weighted by Crippen LogP contribution is -2.46. The first-order valence-corrected chi connectivity index (χ1v) is 8.41. The molecule has 0 bridgehead atoms. The number of carboxylic acids is 1. The number of aliphatic carboxylic acids is 1. The third kappa shape index (κ3) is 2.60. The predicted octanol–water partition coefficient (Wildman–Crippen LogP) is 2.05. The molecule has 20 heavy (non-hydrogen) atoms. The molecule has 3 rings (SSSR count). The molecule has 3 aliphatic rings. The van der Waals surface area contributed by atoms with Crippen molar-refractivity contribution >= 4 is 5.97 Å². The molecule has 0 aromatic heterocycles. The SMILES string of the molecule is CCN1CCCC(N2CC3CCCC3C2C(=O)O)CC1. The second kappa shape index (κ2) is 6.02. The van der Waals surface area contributed by atoms with Gasteiger partial charge >= 0.3 is 5.97 Å². The standard InChI is InChI=1S/C16H28N2O2/c1-2-17-9-4-6-13(8-10-17)18-11-12-5-3-7-14(12)15(18)16(19)20/h12-15H,2-11H2,1H3,(H,19,20). The van der Waals surface area contributed by atoms with Crippen molar-refractivity contribution in [2.75, 3.05) is 26.2 Å². The molecule has 2 heterocycles. The molecule has 114 valence electrons. The van der Waals surface area contributed by atoms with Crippen LogP contribution >= 0.6 is 0 Å². The number of hydrogen-bond acceptors (Lipinski definition) is 3. The van der Waals surface area contributed by atoms with Crippen LogP contribution in [0.5, 0.6) is 0 Å². The van der Waals surface area contributed by atoms with E-state index in [1.165, 1.54) is 32.2 Å². The molecule has 1 saturated carbocycles. The van der Waals surface area contributed by atoms with Crippen LogP contribution < -0.4 is 0 Å². The van der Waals surface area contributed by atoms with Crippen LogP contribution in [-0.2, 0) is 4.79 Å². The highest BCUT2D eigenvalue weighted by Gasteiger charge is 2.49. The number of fused-ring (bicyclic) bond motifs is 1. The average Bonchev–Trinajstić information content (AvgIpc) is 2.91. The van der Waals surface area contributed by atoms with Gasteiger partial charge in [0.05, 0.1) is 0 Å². The van der Waals surface area contributed by atoms with Gasteiger partial charge in [-0.05, 0) is 63.6 Å². The van der Waals surface area contributed by atoms with Gasteiger partial charge < -0.3 is 10.0 Å². The second-order valence-corrected chi connectivity index (χ2v) is 6.85. The van der Waals surface area contributed by atoms with E-state index in [9.17, 15) is 9.90 Å². The minimum Gasteiger partial charge on any atom is -0.480 e. The minimum absolute atomic E-state index is 0.194. The molecule has 2 saturated heterocycles. The molecule has 4 nitrogen and oxygen atoms in total. The molecule has 4 atom stereocenters. The summed E-state index contributed by atoms with van der Waals surface area (Å²) in [5, 5.41) is 9.68. The summed E-state index contributed by atoms with van der Waals surface area (Å²) in [5.74, 6) is 0.510. The van der Waals surface area contributed by atoms with E-state index in [4.69, 9.17) is 0 Å². The normalized spacial score (nSPS) is 39.6. The lowest BCUT2D eigenvalue weighted by molar-refractivity contribution is -0.144. The highest BCUT2D eigenvalue weighted by molar-refractivity contribution is 5.74. The van der Waals surface area contributed by atoms with E-state index >= 15 is 0 Å². The Bertz CT molecular complexity index is 360. The Morgan fingerprint density at radius 2 is 2.00 bits per heavy atom. The molecule has 4 heteroatoms. The monoisotopic (exact) mass is 280 g/mol. The van der Waals surface area contributed by atoms with Crippen molar-refractivity contribution < 1.29 is 9.90 Å². The second-order valence-electron chi connectivity index (χ2n) is 6.85. The topological polar surface area (TPSA) is 43.8 Å². The highest BCUT2D eigenvalue weighted by atomic mass is 16.4. The van der Waals surface area contributed by atoms with Crippen LogP contribution in [0.1, 0.15) is 45.4 Å². The fourth-order valence-corrected chi connectivity index (χ4v) is 4.83. The number of nitrogens with zero attached hydrogens (tertiary/aromatic N) is 2. The maximum Gasteiger partial charge on any atom is 0.321 e. The summed E-state index contributed by atoms with van der Waals surface area (Å²) in [5.41, 5.74) is 0. The van der Waals surface area contributed by atoms with E-state index in [1.54, 1.807) is 0 Å². The molecule has 1 aliphatic carbocycles. The van der Waals surface area contributed by atoms with Crippen LogP contribution in [0.15, 0.2) is 0 Å². The largest absolute Gasteiger partial charge is 0.480 e. The Morgan fingerprint density at radius 1 is 1.15 bits per heavy atom. The van der Waals surface area contributed by atoms with Crippen molar-refractivity contribution in [2.45, 2.75) is 57.5 Å². The van der Waals surface area contributed by atoms with Gasteiger partial charge in [0.25, 0.3) is 0 Å². The van der Waals surface area contributed by atoms with Crippen LogP contribution in [-0.4, -0.2) is 59.1 Å². The summed E-state index contributed by atoms with van der Waals surface area (Å²) < 4.78 is 0. The summed E-state index contributed by atoms with van der Waals surface area (Å²) in [6.07, 6.45) is 7.17. The smallest absolute Gasteiger partial charge is 0.321 e. The van der Waals surface area contributed by atoms with Crippen LogP contribution in [0.4, 0.5) is 0 Å². The maximum atomic E-state index is 11.8. The minimum atomic E-state index is -0.573. The van der Waals surface area contributed by atoms with Gasteiger partial charge in [0.1, 0.15) is 6.04 Å². The molecule has 2 aliphatic heterocycles. The van der Waals surface area contributed by atoms with Crippen molar-refractivity contribution in [2.24, 2.45) is 11.8 Å². The molecule has 0 radical (unpaired) electrons. The quantitative estimate of drug-likeness (QED) is 0.859. The summed E-state index contributed by atoms with van der Waals surface area (Å²) in [4.78, 5) is 16.6. The summed E-state index contributed by atoms with van der Waals surface area (Å²) in [7, 11) is 0. The van der Waals surface area contributed by atoms with Crippen LogP contribution in [0.2, 0.25) is 0 Å². The predicted molar refractivity (Wildman–Crippen MR) is 78.7 cm³/mol. The molecular formula is C16H28N2O2. The lowest BCUT2D eigenvalue weighted by atomic mass is 9.94. The van der Waals surface area contributed by atoms with E-state index in [0.717, 1.165) is 32.5 Å². The molecule has 3 fully saturated rings. The lowest BCUT2D eigenvalue weighted by Gasteiger charge is -2.32. The van der Waals surface area contributed by atoms with E-state index in [0.29, 0.717) is 17.9 Å². The first-order chi connectivity index (χ1) is 9.70. The first kappa shape index (κ1) is 14.3. The molecule has 0 aromatic carbocycles. The van der Waals surface area contributed by atoms with Crippen molar-refractivity contribution in [1.82, 2.24) is 9.80 Å². The van der Waals surface area contributed by atoms with Crippen molar-refractivity contribution in [3.8, 4) is 0 Å². The average molecular weight is 280 g/mol. The van der Waals surface area contributed by atoms with Crippen molar-refractivity contribution in [1.29, 1.82) is 0 Å². The molecular weight excluding hydrogens is 252 g/mol. The number of likely N-dealkylation sites (tertiary alicyclic amines) is 2. The van der Waals surface area contributed by atoms with Crippen molar-refractivity contribution in [3.63, 3.8) is 0 Å². The zero-order valence-electron chi connectivity index (χ0n) is 12.6. The number of carboxylic acid groups (broad SMARTS) is 1. The Kier molecular flexibility index (Phi) is 4.32. The first-order valence-electron chi connectivity index (χ1n) is 8.41. The zero-order valence-corrected chi connectivity index (χ0v) is 12.6. The number of carbonyl (C=O) groups is 1. The number of hydrogen-bond donors (Lipinski definition) is 1.